The molecule has 1 aliphatic heterocycles. The summed E-state index contributed by atoms with van der Waals surface area (Å²) in [5, 5.41) is 21.0. The van der Waals surface area contributed by atoms with E-state index in [0.717, 1.165) is 29.2 Å². The van der Waals surface area contributed by atoms with Gasteiger partial charge in [0.05, 0.1) is 29.0 Å². The van der Waals surface area contributed by atoms with Crippen LogP contribution in [0.4, 0.5) is 14.9 Å². The van der Waals surface area contributed by atoms with E-state index < -0.39 is 27.6 Å². The Balaban J connectivity index is 1.94. The van der Waals surface area contributed by atoms with E-state index in [1.54, 1.807) is 6.92 Å². The molecule has 1 N–H and O–H groups in total. The van der Waals surface area contributed by atoms with Crippen LogP contribution in [-0.4, -0.2) is 32.7 Å². The Hall–Kier alpha value is -3.11. The van der Waals surface area contributed by atoms with Crippen LogP contribution in [0, 0.1) is 15.9 Å². The van der Waals surface area contributed by atoms with Gasteiger partial charge in [-0.3, -0.25) is 24.6 Å². The third-order valence-electron chi connectivity index (χ3n) is 4.10. The summed E-state index contributed by atoms with van der Waals surface area (Å²) >= 11 is 6.57. The van der Waals surface area contributed by atoms with E-state index in [1.165, 1.54) is 12.1 Å². The molecule has 1 heterocycles. The predicted molar refractivity (Wildman–Crippen MR) is 109 cm³/mol. The van der Waals surface area contributed by atoms with Crippen LogP contribution in [0.1, 0.15) is 18.1 Å². The molecule has 2 aromatic rings. The first kappa shape index (κ1) is 21.6. The number of nitro benzene ring substituents is 1. The summed E-state index contributed by atoms with van der Waals surface area (Å²) < 4.78 is 18.4. The summed E-state index contributed by atoms with van der Waals surface area (Å²) in [7, 11) is 0. The van der Waals surface area contributed by atoms with Crippen molar-refractivity contribution in [3.63, 3.8) is 0 Å². The van der Waals surface area contributed by atoms with Crippen LogP contribution in [-0.2, 0) is 11.3 Å². The van der Waals surface area contributed by atoms with Crippen LogP contribution in [0.15, 0.2) is 35.2 Å². The largest absolute Gasteiger partial charge is 0.504 e. The molecule has 1 aliphatic rings. The maximum atomic E-state index is 13.2. The van der Waals surface area contributed by atoms with Crippen molar-refractivity contribution in [1.29, 1.82) is 0 Å². The van der Waals surface area contributed by atoms with E-state index in [4.69, 9.17) is 16.3 Å². The minimum Gasteiger partial charge on any atom is -0.504 e. The standard InChI is InChI=1S/C19H14ClFN2O6S/c1-2-29-15-8-13(23(27)28)5-11(17(15)24)6-16-18(25)22(19(26)30-16)9-10-3-4-12(21)7-14(10)20/h3-8,24H,2,9H2,1H3/b16-6-. The first-order chi connectivity index (χ1) is 14.2. The number of hydrogen-bond donors (Lipinski definition) is 1. The zero-order chi connectivity index (χ0) is 22.0. The lowest BCUT2D eigenvalue weighted by Crippen LogP contribution is -2.27. The summed E-state index contributed by atoms with van der Waals surface area (Å²) in [6, 6.07) is 5.74. The third kappa shape index (κ3) is 4.39. The molecule has 0 aliphatic carbocycles. The van der Waals surface area contributed by atoms with Crippen molar-refractivity contribution < 1.29 is 28.7 Å². The average Bonchev–Trinajstić information content (AvgIpc) is 2.94. The zero-order valence-corrected chi connectivity index (χ0v) is 17.0. The number of halogens is 2. The Labute approximate surface area is 179 Å². The van der Waals surface area contributed by atoms with Crippen molar-refractivity contribution in [2.24, 2.45) is 0 Å². The number of carbonyl (C=O) groups is 2. The fourth-order valence-electron chi connectivity index (χ4n) is 2.69. The SMILES string of the molecule is CCOc1cc([N+](=O)[O-])cc(/C=C2\SC(=O)N(Cc3ccc(F)cc3Cl)C2=O)c1O. The molecule has 0 spiro atoms. The van der Waals surface area contributed by atoms with Gasteiger partial charge >= 0.3 is 0 Å². The van der Waals surface area contributed by atoms with Gasteiger partial charge < -0.3 is 9.84 Å². The first-order valence-corrected chi connectivity index (χ1v) is 9.74. The first-order valence-electron chi connectivity index (χ1n) is 8.54. The number of nitro groups is 1. The smallest absolute Gasteiger partial charge is 0.293 e. The number of thioether (sulfide) groups is 1. The predicted octanol–water partition coefficient (Wildman–Crippen LogP) is 4.73. The molecule has 2 aromatic carbocycles. The molecule has 11 heteroatoms. The van der Waals surface area contributed by atoms with Crippen LogP contribution < -0.4 is 4.74 Å². The summed E-state index contributed by atoms with van der Waals surface area (Å²) in [4.78, 5) is 36.4. The van der Waals surface area contributed by atoms with Gasteiger partial charge in [0.15, 0.2) is 11.5 Å². The van der Waals surface area contributed by atoms with E-state index in [-0.39, 0.29) is 40.1 Å². The normalized spacial score (nSPS) is 15.2. The van der Waals surface area contributed by atoms with Gasteiger partial charge in [0.25, 0.3) is 16.8 Å². The van der Waals surface area contributed by atoms with Gasteiger partial charge in [0.1, 0.15) is 5.82 Å². The topological polar surface area (TPSA) is 110 Å². The third-order valence-corrected chi connectivity index (χ3v) is 5.36. The lowest BCUT2D eigenvalue weighted by Gasteiger charge is -2.13. The van der Waals surface area contributed by atoms with E-state index in [1.807, 2.05) is 0 Å². The van der Waals surface area contributed by atoms with Crippen LogP contribution >= 0.6 is 23.4 Å². The number of phenolic OH excluding ortho intramolecular Hbond substituents is 1. The fraction of sp³-hybridized carbons (Fsp3) is 0.158. The van der Waals surface area contributed by atoms with E-state index in [0.29, 0.717) is 17.3 Å². The van der Waals surface area contributed by atoms with Crippen LogP contribution in [0.25, 0.3) is 6.08 Å². The summed E-state index contributed by atoms with van der Waals surface area (Å²) in [5.41, 5.74) is -0.0174. The van der Waals surface area contributed by atoms with Gasteiger partial charge in [-0.15, -0.1) is 0 Å². The minimum absolute atomic E-state index is 0.0436. The van der Waals surface area contributed by atoms with Crippen LogP contribution in [0.2, 0.25) is 5.02 Å². The second kappa shape index (κ2) is 8.72. The van der Waals surface area contributed by atoms with Gasteiger partial charge in [-0.1, -0.05) is 17.7 Å². The molecule has 1 fully saturated rings. The number of nitrogens with zero attached hydrogens (tertiary/aromatic N) is 2. The molecule has 3 rings (SSSR count). The van der Waals surface area contributed by atoms with E-state index >= 15 is 0 Å². The van der Waals surface area contributed by atoms with Crippen molar-refractivity contribution in [1.82, 2.24) is 4.90 Å². The van der Waals surface area contributed by atoms with E-state index in [9.17, 15) is 29.2 Å². The summed E-state index contributed by atoms with van der Waals surface area (Å²) in [6.07, 6.45) is 1.18. The molecule has 2 amide bonds. The average molecular weight is 453 g/mol. The van der Waals surface area contributed by atoms with Gasteiger partial charge in [0, 0.05) is 16.7 Å². The molecule has 1 saturated heterocycles. The zero-order valence-electron chi connectivity index (χ0n) is 15.4. The Morgan fingerprint density at radius 1 is 1.33 bits per heavy atom. The lowest BCUT2D eigenvalue weighted by atomic mass is 10.1. The highest BCUT2D eigenvalue weighted by Crippen LogP contribution is 2.40. The number of phenols is 1. The van der Waals surface area contributed by atoms with E-state index in [2.05, 4.69) is 0 Å². The molecular formula is C19H14ClFN2O6S. The fourth-order valence-corrected chi connectivity index (χ4v) is 3.75. The quantitative estimate of drug-likeness (QED) is 0.383. The van der Waals surface area contributed by atoms with Crippen LogP contribution in [0.5, 0.6) is 11.5 Å². The lowest BCUT2D eigenvalue weighted by molar-refractivity contribution is -0.385. The van der Waals surface area contributed by atoms with Crippen LogP contribution in [0.3, 0.4) is 0 Å². The monoisotopic (exact) mass is 452 g/mol. The number of rotatable bonds is 6. The van der Waals surface area contributed by atoms with Gasteiger partial charge in [-0.05, 0) is 42.5 Å². The number of imide groups is 1. The van der Waals surface area contributed by atoms with Crippen molar-refractivity contribution in [3.8, 4) is 11.5 Å². The molecule has 0 radical (unpaired) electrons. The van der Waals surface area contributed by atoms with Crippen molar-refractivity contribution in [2.45, 2.75) is 13.5 Å². The van der Waals surface area contributed by atoms with Crippen molar-refractivity contribution >= 4 is 46.3 Å². The molecule has 0 unspecified atom stereocenters. The Morgan fingerprint density at radius 3 is 2.70 bits per heavy atom. The van der Waals surface area contributed by atoms with Crippen molar-refractivity contribution in [3.05, 3.63) is 67.3 Å². The van der Waals surface area contributed by atoms with Gasteiger partial charge in [-0.25, -0.2) is 4.39 Å². The highest BCUT2D eigenvalue weighted by atomic mass is 35.5. The van der Waals surface area contributed by atoms with Gasteiger partial charge in [-0.2, -0.15) is 0 Å². The maximum Gasteiger partial charge on any atom is 0.293 e. The number of non-ortho nitro benzene ring substituents is 1. The van der Waals surface area contributed by atoms with Crippen molar-refractivity contribution in [2.75, 3.05) is 6.61 Å². The molecule has 0 saturated carbocycles. The molecule has 8 nitrogen and oxygen atoms in total. The number of ether oxygens (including phenoxy) is 1. The Kier molecular flexibility index (Phi) is 6.28. The Morgan fingerprint density at radius 2 is 2.07 bits per heavy atom. The number of benzene rings is 2. The molecule has 0 atom stereocenters. The maximum absolute atomic E-state index is 13.2. The number of amides is 2. The molecule has 30 heavy (non-hydrogen) atoms. The molecule has 0 aromatic heterocycles. The summed E-state index contributed by atoms with van der Waals surface area (Å²) in [5.74, 6) is -1.73. The highest BCUT2D eigenvalue weighted by Gasteiger charge is 2.35. The van der Waals surface area contributed by atoms with Gasteiger partial charge in [0.2, 0.25) is 0 Å². The summed E-state index contributed by atoms with van der Waals surface area (Å²) in [6.45, 7) is 1.62. The second-order valence-electron chi connectivity index (χ2n) is 6.08. The second-order valence-corrected chi connectivity index (χ2v) is 7.48. The number of carbonyl (C=O) groups excluding carboxylic acids is 2. The molecule has 156 valence electrons. The molecule has 0 bridgehead atoms. The number of hydrogen-bond acceptors (Lipinski definition) is 7. The highest BCUT2D eigenvalue weighted by molar-refractivity contribution is 8.18. The Bertz CT molecular complexity index is 1090. The number of aromatic hydroxyl groups is 1. The minimum atomic E-state index is -0.672. The molecular weight excluding hydrogens is 439 g/mol.